The molecule has 30 nitrogen and oxygen atoms in total. The maximum Gasteiger partial charge on any atom is 0.252 e. The van der Waals surface area contributed by atoms with Crippen LogP contribution in [0.3, 0.4) is 0 Å². The highest BCUT2D eigenvalue weighted by Gasteiger charge is 2.42. The van der Waals surface area contributed by atoms with E-state index in [2.05, 4.69) is 60.0 Å². The molecule has 15 rings (SSSR count). The van der Waals surface area contributed by atoms with Gasteiger partial charge in [0.2, 0.25) is 35.4 Å². The summed E-state index contributed by atoms with van der Waals surface area (Å²) in [5.74, 6) is 0.374. The van der Waals surface area contributed by atoms with Crippen LogP contribution in [0.2, 0.25) is 0 Å². The molecule has 0 radical (unpaired) electrons. The summed E-state index contributed by atoms with van der Waals surface area (Å²) in [4.78, 5) is 109. The van der Waals surface area contributed by atoms with Crippen LogP contribution in [0.4, 0.5) is 38.5 Å². The molecule has 3 fully saturated rings. The Hall–Kier alpha value is -13.3. The molecule has 9 aromatic rings. The van der Waals surface area contributed by atoms with Crippen molar-refractivity contribution >= 4 is 101 Å². The van der Waals surface area contributed by atoms with Gasteiger partial charge < -0.3 is 91.0 Å². The minimum atomic E-state index is -3.65. The Labute approximate surface area is 737 Å². The highest BCUT2D eigenvalue weighted by atomic mass is 32.2. The van der Waals surface area contributed by atoms with Crippen molar-refractivity contribution in [3.8, 4) is 34.5 Å². The Morgan fingerprint density at radius 3 is 1.26 bits per heavy atom. The van der Waals surface area contributed by atoms with E-state index in [9.17, 15) is 55.2 Å². The average molecular weight is 1770 g/mol. The van der Waals surface area contributed by atoms with Gasteiger partial charge in [-0.1, -0.05) is 36.4 Å². The van der Waals surface area contributed by atoms with Crippen LogP contribution in [0, 0.1) is 12.7 Å². The fourth-order valence-electron chi connectivity index (χ4n) is 17.5. The predicted octanol–water partition coefficient (Wildman–Crippen LogP) is 13.4. The fourth-order valence-corrected chi connectivity index (χ4v) is 19.3. The first-order valence-corrected chi connectivity index (χ1v) is 45.3. The summed E-state index contributed by atoms with van der Waals surface area (Å²) in [6.07, 6.45) is 6.28. The van der Waals surface area contributed by atoms with Crippen molar-refractivity contribution in [2.24, 2.45) is 0 Å². The molecule has 7 atom stereocenters. The van der Waals surface area contributed by atoms with E-state index >= 15 is 4.39 Å². The zero-order valence-corrected chi connectivity index (χ0v) is 74.6. The van der Waals surface area contributed by atoms with E-state index in [1.54, 1.807) is 108 Å². The van der Waals surface area contributed by atoms with Crippen LogP contribution in [0.1, 0.15) is 190 Å². The van der Waals surface area contributed by atoms with E-state index in [1.807, 2.05) is 56.3 Å². The second-order valence-corrected chi connectivity index (χ2v) is 36.0. The van der Waals surface area contributed by atoms with Gasteiger partial charge >= 0.3 is 0 Å². The molecule has 668 valence electrons. The number of halogens is 1. The number of methoxy groups -OCH3 is 6. The maximum atomic E-state index is 15.3. The minimum absolute atomic E-state index is 0.0496. The molecule has 0 spiro atoms. The number of rotatable bonds is 26. The highest BCUT2D eigenvalue weighted by Crippen LogP contribution is 2.46. The lowest BCUT2D eigenvalue weighted by atomic mass is 9.97. The van der Waals surface area contributed by atoms with E-state index in [-0.39, 0.29) is 81.4 Å². The van der Waals surface area contributed by atoms with Gasteiger partial charge in [0.25, 0.3) is 11.8 Å². The zero-order chi connectivity index (χ0) is 91.0. The summed E-state index contributed by atoms with van der Waals surface area (Å²) in [5, 5.41) is 27.1. The van der Waals surface area contributed by atoms with Gasteiger partial charge in [-0.2, -0.15) is 0 Å². The van der Waals surface area contributed by atoms with Crippen LogP contribution < -0.4 is 76.3 Å². The monoisotopic (exact) mass is 1770 g/mol. The van der Waals surface area contributed by atoms with Gasteiger partial charge in [0.1, 0.15) is 23.9 Å². The van der Waals surface area contributed by atoms with Crippen molar-refractivity contribution in [1.82, 2.24) is 30.7 Å². The van der Waals surface area contributed by atoms with Crippen molar-refractivity contribution < 1.29 is 88.0 Å². The van der Waals surface area contributed by atoms with Crippen LogP contribution in [-0.2, 0) is 68.1 Å². The zero-order valence-electron chi connectivity index (χ0n) is 72.9. The molecule has 127 heavy (non-hydrogen) atoms. The Bertz CT molecular complexity index is 6030. The molecule has 9 aromatic carbocycles. The van der Waals surface area contributed by atoms with E-state index < -0.39 is 55.7 Å². The summed E-state index contributed by atoms with van der Waals surface area (Å²) < 4.78 is 99.3. The van der Waals surface area contributed by atoms with Gasteiger partial charge in [-0.15, -0.1) is 0 Å². The van der Waals surface area contributed by atoms with Crippen LogP contribution in [0.5, 0.6) is 34.5 Å². The third-order valence-electron chi connectivity index (χ3n) is 23.5. The number of nitrogens with zero attached hydrogens (tertiary/aromatic N) is 3. The molecule has 0 saturated carbocycles. The number of ether oxygens (including phenoxy) is 6. The lowest BCUT2D eigenvalue weighted by Gasteiger charge is -2.31. The molecule has 0 aliphatic carbocycles. The number of hydrogen-bond acceptors (Lipinski definition) is 22. The smallest absolute Gasteiger partial charge is 0.252 e. The topological polar surface area (TPSA) is 378 Å². The number of carbonyl (C=O) groups is 8. The lowest BCUT2D eigenvalue weighted by molar-refractivity contribution is -0.134. The number of benzene rings is 9. The number of amides is 8. The molecule has 2 unspecified atom stereocenters. The summed E-state index contributed by atoms with van der Waals surface area (Å²) in [6.45, 7) is 11.3. The van der Waals surface area contributed by atoms with Gasteiger partial charge in [-0.25, -0.2) is 21.2 Å². The normalized spacial score (nSPS) is 17.3. The van der Waals surface area contributed by atoms with E-state index in [1.165, 1.54) is 84.6 Å². The van der Waals surface area contributed by atoms with Gasteiger partial charge in [-0.05, 0) is 235 Å². The summed E-state index contributed by atoms with van der Waals surface area (Å²) in [5.41, 5.74) is 12.4. The molecule has 6 aliphatic heterocycles. The number of aryl methyl sites for hydroxylation is 1. The number of fused-ring (bicyclic) bond motifs is 3. The Kier molecular flexibility index (Phi) is 28.1. The van der Waals surface area contributed by atoms with Crippen molar-refractivity contribution in [2.75, 3.05) is 107 Å². The lowest BCUT2D eigenvalue weighted by Crippen LogP contribution is -2.38. The van der Waals surface area contributed by atoms with E-state index in [4.69, 9.17) is 28.4 Å². The largest absolute Gasteiger partial charge is 0.493 e. The molecule has 6 aliphatic rings. The number of anilines is 6. The summed E-state index contributed by atoms with van der Waals surface area (Å²) in [7, 11) is 1.90. The number of sulfone groups is 2. The summed E-state index contributed by atoms with van der Waals surface area (Å²) in [6, 6.07) is 40.9. The molecule has 9 N–H and O–H groups in total. The molecule has 6 heterocycles. The number of likely N-dealkylation sites (tertiary alicyclic amines) is 3. The minimum Gasteiger partial charge on any atom is -0.493 e. The number of hydrogen-bond donors (Lipinski definition) is 9. The van der Waals surface area contributed by atoms with Crippen LogP contribution >= 0.6 is 0 Å². The number of nitrogens with one attached hydrogen (secondary N) is 9. The quantitative estimate of drug-likeness (QED) is 0.0243. The fraction of sp³-hybridized carbons (Fsp3) is 0.340. The van der Waals surface area contributed by atoms with Gasteiger partial charge in [0.15, 0.2) is 54.2 Å². The number of carbonyl (C=O) groups excluding carboxylic acids is 8. The predicted molar refractivity (Wildman–Crippen MR) is 479 cm³/mol. The van der Waals surface area contributed by atoms with Crippen LogP contribution in [0.25, 0.3) is 0 Å². The van der Waals surface area contributed by atoms with Gasteiger partial charge in [0, 0.05) is 112 Å². The van der Waals surface area contributed by atoms with Crippen LogP contribution in [0.15, 0.2) is 168 Å². The SMILES string of the molecule is COc1ccc(C(Nc2ccc3c(c2)CNC3)C(=O)N2CCC[C@@H]2c2cc(NC(C)=O)ccc2S(C)(=O)=O)cc1OC.COc1ccc([C@@H](Nc2cc3c(cc2F)CNC3=O)C(=O)N2CCC[C@@H]2c2cc(NC(C)=O)ccc2C)cc1OC.COc1ccc([C@@H](Nc2ccc3c(c2)C(=O)NC3C)C(=O)N2CCC[C@@H]2c2cc(NC(C)=O)ccc2S(C)(=O)=O)cc1OC. The van der Waals surface area contributed by atoms with Crippen molar-refractivity contribution in [2.45, 2.75) is 145 Å². The second kappa shape index (κ2) is 39.1. The average Bonchev–Trinajstić information content (AvgIpc) is 1.77. The molecular weight excluding hydrogens is 1670 g/mol. The molecular formula is C94H105FN12O18S2. The third-order valence-corrected chi connectivity index (χ3v) is 25.8. The van der Waals surface area contributed by atoms with Crippen LogP contribution in [-0.4, -0.2) is 154 Å². The Morgan fingerprint density at radius 2 is 0.819 bits per heavy atom. The summed E-state index contributed by atoms with van der Waals surface area (Å²) >= 11 is 0. The third kappa shape index (κ3) is 20.5. The molecule has 0 aromatic heterocycles. The molecule has 0 bridgehead atoms. The van der Waals surface area contributed by atoms with E-state index in [0.717, 1.165) is 60.8 Å². The maximum absolute atomic E-state index is 15.3. The van der Waals surface area contributed by atoms with Gasteiger partial charge in [0.05, 0.1) is 82.3 Å². The Morgan fingerprint density at radius 1 is 0.417 bits per heavy atom. The van der Waals surface area contributed by atoms with Crippen molar-refractivity contribution in [3.05, 3.63) is 236 Å². The molecule has 8 amide bonds. The van der Waals surface area contributed by atoms with E-state index in [0.29, 0.717) is 147 Å². The van der Waals surface area contributed by atoms with Crippen molar-refractivity contribution in [3.63, 3.8) is 0 Å². The molecule has 3 saturated heterocycles. The molecule has 33 heteroatoms. The first kappa shape index (κ1) is 91.4. The standard InChI is InChI=1S/C32H36N4O7S.C31H33FN4O5.C31H36N4O6S/c1-18-23-11-9-22(16-24(23)31(38)33-18)35-30(20-8-12-27(42-3)28(15-20)43-4)32(39)36-14-6-7-26(36)25-17-21(34-19(2)37)10-13-29(25)44(5,40)41;1-17-7-9-21(34-18(2)37)14-22(17)26-6-5-11-36(26)31(39)29(19-8-10-27(40-3)28(13-19)41-4)35-25-15-23-20(12-24(25)32)16-33-30(23)38;1-19(36)33-24-10-12-29(42(4,38)39)25(16-24)26-6-5-13-35(26)31(37)30(20-8-11-27(40-2)28(15-20)41-3)34-23-9-7-21-17-32-18-22(21)14-23/h8-13,15-18,26,30,35H,6-7,14H2,1-5H3,(H,33,38)(H,34,37);7-10,12-15,26,29,35H,5-6,11,16H2,1-4H3,(H,33,38)(H,34,37);7-12,14-16,26,30,32,34H,5-6,13,17-18H2,1-4H3,(H,33,36)/t18?,26-,30-;26-,29-;26-,30?/m111/s1. The first-order valence-electron chi connectivity index (χ1n) is 41.6. The first-order chi connectivity index (χ1) is 60.7. The Balaban J connectivity index is 0.000000163. The highest BCUT2D eigenvalue weighted by molar-refractivity contribution is 7.91. The second-order valence-electron chi connectivity index (χ2n) is 32.1. The van der Waals surface area contributed by atoms with Crippen molar-refractivity contribution in [1.29, 1.82) is 0 Å². The van der Waals surface area contributed by atoms with Gasteiger partial charge in [-0.3, -0.25) is 38.4 Å².